The molecular weight excluding hydrogens is 410 g/mol. The van der Waals surface area contributed by atoms with Gasteiger partial charge in [-0.3, -0.25) is 9.59 Å². The minimum atomic E-state index is -0.0218. The number of aryl methyl sites for hydroxylation is 2. The lowest BCUT2D eigenvalue weighted by Crippen LogP contribution is -2.13. The summed E-state index contributed by atoms with van der Waals surface area (Å²) in [7, 11) is 0. The normalized spacial score (nSPS) is 13.0. The highest BCUT2D eigenvalue weighted by Gasteiger charge is 2.21. The van der Waals surface area contributed by atoms with Gasteiger partial charge < -0.3 is 10.3 Å². The second-order valence-corrected chi connectivity index (χ2v) is 9.64. The molecule has 5 nitrogen and oxygen atoms in total. The van der Waals surface area contributed by atoms with E-state index in [2.05, 4.69) is 15.3 Å². The van der Waals surface area contributed by atoms with Crippen molar-refractivity contribution in [2.45, 2.75) is 36.3 Å². The first-order valence-electron chi connectivity index (χ1n) is 9.19. The molecule has 0 unspecified atom stereocenters. The Morgan fingerprint density at radius 2 is 2.18 bits per heavy atom. The van der Waals surface area contributed by atoms with Gasteiger partial charge in [0.05, 0.1) is 16.8 Å². The number of hydrogen-bond donors (Lipinski definition) is 2. The number of thioether (sulfide) groups is 2. The van der Waals surface area contributed by atoms with Crippen molar-refractivity contribution < 1.29 is 4.79 Å². The van der Waals surface area contributed by atoms with E-state index in [0.29, 0.717) is 23.8 Å². The second-order valence-electron chi connectivity index (χ2n) is 6.60. The van der Waals surface area contributed by atoms with E-state index in [9.17, 15) is 9.59 Å². The summed E-state index contributed by atoms with van der Waals surface area (Å²) in [5.74, 6) is 1.97. The van der Waals surface area contributed by atoms with Gasteiger partial charge in [0.15, 0.2) is 0 Å². The second kappa shape index (κ2) is 8.71. The zero-order valence-corrected chi connectivity index (χ0v) is 18.0. The highest BCUT2D eigenvalue weighted by Crippen LogP contribution is 2.34. The Kier molecular flexibility index (Phi) is 6.08. The van der Waals surface area contributed by atoms with E-state index in [1.54, 1.807) is 34.9 Å². The first-order chi connectivity index (χ1) is 13.7. The van der Waals surface area contributed by atoms with Gasteiger partial charge in [0.25, 0.3) is 5.56 Å². The average Bonchev–Trinajstić information content (AvgIpc) is 3.26. The summed E-state index contributed by atoms with van der Waals surface area (Å²) in [5, 5.41) is 3.76. The van der Waals surface area contributed by atoms with E-state index in [1.807, 2.05) is 30.5 Å². The molecule has 0 fully saturated rings. The number of nitrogens with zero attached hydrogens (tertiary/aromatic N) is 1. The summed E-state index contributed by atoms with van der Waals surface area (Å²) in [4.78, 5) is 35.5. The van der Waals surface area contributed by atoms with E-state index in [1.165, 1.54) is 10.4 Å². The molecule has 0 saturated carbocycles. The molecule has 146 valence electrons. The Hall–Kier alpha value is -1.77. The van der Waals surface area contributed by atoms with Crippen LogP contribution >= 0.6 is 34.9 Å². The molecule has 0 spiro atoms. The van der Waals surface area contributed by atoms with Crippen LogP contribution in [0.4, 0.5) is 5.69 Å². The number of carbonyl (C=O) groups excluding carboxylic acids is 1. The number of hydrogen-bond acceptors (Lipinski definition) is 6. The zero-order valence-electron chi connectivity index (χ0n) is 15.5. The van der Waals surface area contributed by atoms with Gasteiger partial charge in [-0.15, -0.1) is 23.1 Å². The molecule has 0 aliphatic heterocycles. The molecule has 2 N–H and O–H groups in total. The first kappa shape index (κ1) is 19.5. The third-order valence-corrected chi connectivity index (χ3v) is 7.67. The molecule has 0 radical (unpaired) electrons. The van der Waals surface area contributed by atoms with Crippen LogP contribution in [0.5, 0.6) is 0 Å². The fourth-order valence-electron chi connectivity index (χ4n) is 3.41. The van der Waals surface area contributed by atoms with Gasteiger partial charge in [-0.1, -0.05) is 12.1 Å². The number of anilines is 1. The Morgan fingerprint density at radius 3 is 3.04 bits per heavy atom. The smallest absolute Gasteiger partial charge is 0.259 e. The van der Waals surface area contributed by atoms with Gasteiger partial charge in [-0.05, 0) is 43.2 Å². The van der Waals surface area contributed by atoms with Crippen molar-refractivity contribution in [2.24, 2.45) is 0 Å². The van der Waals surface area contributed by atoms with Crippen LogP contribution in [0, 0.1) is 0 Å². The zero-order chi connectivity index (χ0) is 19.5. The monoisotopic (exact) mass is 431 g/mol. The van der Waals surface area contributed by atoms with Gasteiger partial charge >= 0.3 is 0 Å². The fourth-order valence-corrected chi connectivity index (χ4v) is 6.05. The summed E-state index contributed by atoms with van der Waals surface area (Å²) in [6, 6.07) is 7.79. The number of carbonyl (C=O) groups is 1. The molecule has 1 aromatic carbocycles. The molecule has 0 bridgehead atoms. The number of fused-ring (bicyclic) bond motifs is 3. The van der Waals surface area contributed by atoms with Gasteiger partial charge in [0, 0.05) is 21.9 Å². The van der Waals surface area contributed by atoms with Gasteiger partial charge in [0.2, 0.25) is 5.91 Å². The Labute approximate surface area is 175 Å². The minimum absolute atomic E-state index is 0.000543. The Balaban J connectivity index is 1.32. The fraction of sp³-hybridized carbons (Fsp3) is 0.350. The number of para-hydroxylation sites is 1. The quantitative estimate of drug-likeness (QED) is 0.427. The number of aromatic amines is 1. The van der Waals surface area contributed by atoms with Crippen molar-refractivity contribution in [1.29, 1.82) is 0 Å². The largest absolute Gasteiger partial charge is 0.325 e. The van der Waals surface area contributed by atoms with Crippen molar-refractivity contribution >= 4 is 56.7 Å². The van der Waals surface area contributed by atoms with Crippen LogP contribution < -0.4 is 10.9 Å². The predicted octanol–water partition coefficient (Wildman–Crippen LogP) is 4.46. The van der Waals surface area contributed by atoms with E-state index in [-0.39, 0.29) is 11.5 Å². The number of benzene rings is 1. The summed E-state index contributed by atoms with van der Waals surface area (Å²) < 4.78 is 0. The summed E-state index contributed by atoms with van der Waals surface area (Å²) in [5.41, 5.74) is 2.04. The average molecular weight is 432 g/mol. The highest BCUT2D eigenvalue weighted by molar-refractivity contribution is 7.98. The van der Waals surface area contributed by atoms with Crippen LogP contribution in [0.15, 0.2) is 34.0 Å². The molecule has 4 rings (SSSR count). The summed E-state index contributed by atoms with van der Waals surface area (Å²) in [6.45, 7) is 0. The maximum Gasteiger partial charge on any atom is 0.259 e. The summed E-state index contributed by atoms with van der Waals surface area (Å²) in [6.07, 6.45) is 5.61. The molecule has 1 aliphatic carbocycles. The molecule has 28 heavy (non-hydrogen) atoms. The maximum atomic E-state index is 12.5. The van der Waals surface area contributed by atoms with Crippen LogP contribution in [0.25, 0.3) is 10.2 Å². The number of thiophene rings is 1. The predicted molar refractivity (Wildman–Crippen MR) is 120 cm³/mol. The number of nitrogens with one attached hydrogen (secondary N) is 2. The first-order valence-corrected chi connectivity index (χ1v) is 12.4. The van der Waals surface area contributed by atoms with Crippen LogP contribution in [-0.4, -0.2) is 27.9 Å². The molecule has 0 saturated heterocycles. The highest BCUT2D eigenvalue weighted by atomic mass is 32.2. The van der Waals surface area contributed by atoms with E-state index in [0.717, 1.165) is 40.1 Å². The molecule has 1 aliphatic rings. The molecule has 8 heteroatoms. The molecule has 1 amide bonds. The lowest BCUT2D eigenvalue weighted by atomic mass is 10.2. The minimum Gasteiger partial charge on any atom is -0.325 e. The third kappa shape index (κ3) is 4.14. The number of aromatic nitrogens is 2. The van der Waals surface area contributed by atoms with Crippen LogP contribution in [0.1, 0.15) is 29.1 Å². The topological polar surface area (TPSA) is 74.8 Å². The van der Waals surface area contributed by atoms with Crippen molar-refractivity contribution in [3.63, 3.8) is 0 Å². The van der Waals surface area contributed by atoms with E-state index in [4.69, 9.17) is 0 Å². The van der Waals surface area contributed by atoms with Crippen LogP contribution in [0.3, 0.4) is 0 Å². The molecule has 2 aromatic heterocycles. The van der Waals surface area contributed by atoms with Crippen molar-refractivity contribution in [2.75, 3.05) is 17.3 Å². The van der Waals surface area contributed by atoms with Crippen molar-refractivity contribution in [3.05, 3.63) is 50.9 Å². The maximum absolute atomic E-state index is 12.5. The van der Waals surface area contributed by atoms with E-state index >= 15 is 0 Å². The Bertz CT molecular complexity index is 1070. The SMILES string of the molecule is CSc1ccccc1NC(=O)CCSCc1nc2sc3c(c2c(=O)[nH]1)CCC3. The van der Waals surface area contributed by atoms with Crippen molar-refractivity contribution in [3.8, 4) is 0 Å². The van der Waals surface area contributed by atoms with Crippen molar-refractivity contribution in [1.82, 2.24) is 9.97 Å². The lowest BCUT2D eigenvalue weighted by Gasteiger charge is -2.09. The molecular formula is C20H21N3O2S3. The van der Waals surface area contributed by atoms with Crippen LogP contribution in [-0.2, 0) is 23.4 Å². The van der Waals surface area contributed by atoms with Gasteiger partial charge in [-0.2, -0.15) is 11.8 Å². The van der Waals surface area contributed by atoms with Gasteiger partial charge in [-0.25, -0.2) is 4.98 Å². The molecule has 3 aromatic rings. The summed E-state index contributed by atoms with van der Waals surface area (Å²) >= 11 is 4.88. The number of H-pyrrole nitrogens is 1. The molecule has 0 atom stereocenters. The van der Waals surface area contributed by atoms with Gasteiger partial charge in [0.1, 0.15) is 10.7 Å². The van der Waals surface area contributed by atoms with Crippen LogP contribution in [0.2, 0.25) is 0 Å². The lowest BCUT2D eigenvalue weighted by molar-refractivity contribution is -0.115. The third-order valence-electron chi connectivity index (χ3n) is 4.72. The number of rotatable bonds is 7. The number of amides is 1. The Morgan fingerprint density at radius 1 is 1.32 bits per heavy atom. The molecule has 2 heterocycles. The standard InChI is InChI=1S/C20H21N3O2S3/c1-26-15-7-3-2-6-13(15)21-17(24)9-10-27-11-16-22-19(25)18-12-5-4-8-14(12)28-20(18)23-16/h2-3,6-7H,4-5,8-11H2,1H3,(H,21,24)(H,22,23,25). The van der Waals surface area contributed by atoms with E-state index < -0.39 is 0 Å².